The molecule has 0 saturated carbocycles. The number of methoxy groups -OCH3 is 1. The number of aliphatic carboxylic acids is 1. The molecule has 2 rings (SSSR count). The van der Waals surface area contributed by atoms with Crippen LogP contribution in [0.4, 0.5) is 5.69 Å². The number of nitrogens with zero attached hydrogens (tertiary/aromatic N) is 2. The summed E-state index contributed by atoms with van der Waals surface area (Å²) in [5.41, 5.74) is 3.99. The van der Waals surface area contributed by atoms with Gasteiger partial charge in [0.25, 0.3) is 0 Å². The van der Waals surface area contributed by atoms with E-state index in [0.717, 1.165) is 22.6 Å². The maximum Gasteiger partial charge on any atom is 0.303 e. The molecule has 128 valence electrons. The quantitative estimate of drug-likeness (QED) is 0.848. The van der Waals surface area contributed by atoms with Gasteiger partial charge in [0.15, 0.2) is 0 Å². The Hall–Kier alpha value is -2.83. The van der Waals surface area contributed by atoms with Gasteiger partial charge in [-0.05, 0) is 38.0 Å². The fraction of sp³-hybridized carbons (Fsp3) is 0.353. The molecule has 0 bridgehead atoms. The van der Waals surface area contributed by atoms with Crippen LogP contribution in [0.15, 0.2) is 18.2 Å². The minimum absolute atomic E-state index is 0.0676. The highest BCUT2D eigenvalue weighted by atomic mass is 16.5. The second-order valence-electron chi connectivity index (χ2n) is 5.52. The van der Waals surface area contributed by atoms with E-state index < -0.39 is 5.97 Å². The van der Waals surface area contributed by atoms with Crippen molar-refractivity contribution in [1.29, 1.82) is 0 Å². The lowest BCUT2D eigenvalue weighted by atomic mass is 10.1. The van der Waals surface area contributed by atoms with E-state index in [1.165, 1.54) is 14.0 Å². The Balaban J connectivity index is 2.40. The molecule has 0 aliphatic rings. The van der Waals surface area contributed by atoms with Gasteiger partial charge in [0.05, 0.1) is 24.2 Å². The van der Waals surface area contributed by atoms with Crippen molar-refractivity contribution in [2.75, 3.05) is 12.4 Å². The molecule has 0 radical (unpaired) electrons. The lowest BCUT2D eigenvalue weighted by Crippen LogP contribution is -2.08. The zero-order valence-corrected chi connectivity index (χ0v) is 14.2. The van der Waals surface area contributed by atoms with Crippen LogP contribution in [-0.4, -0.2) is 33.9 Å². The molecule has 0 atom stereocenters. The molecule has 1 aromatic heterocycles. The van der Waals surface area contributed by atoms with Crippen LogP contribution in [0.2, 0.25) is 0 Å². The topological polar surface area (TPSA) is 93.5 Å². The molecule has 7 nitrogen and oxygen atoms in total. The molecule has 24 heavy (non-hydrogen) atoms. The van der Waals surface area contributed by atoms with E-state index in [4.69, 9.17) is 9.84 Å². The third kappa shape index (κ3) is 3.73. The van der Waals surface area contributed by atoms with Gasteiger partial charge in [0.1, 0.15) is 5.75 Å². The normalized spacial score (nSPS) is 10.5. The fourth-order valence-electron chi connectivity index (χ4n) is 2.62. The molecule has 0 aliphatic heterocycles. The van der Waals surface area contributed by atoms with Gasteiger partial charge in [-0.1, -0.05) is 0 Å². The number of carboxylic acids is 1. The summed E-state index contributed by atoms with van der Waals surface area (Å²) < 4.78 is 7.09. The number of anilines is 1. The Bertz CT molecular complexity index is 780. The van der Waals surface area contributed by atoms with E-state index in [1.54, 1.807) is 16.8 Å². The number of ether oxygens (including phenoxy) is 1. The average molecular weight is 331 g/mol. The van der Waals surface area contributed by atoms with E-state index in [-0.39, 0.29) is 12.3 Å². The Morgan fingerprint density at radius 2 is 2.04 bits per heavy atom. The second kappa shape index (κ2) is 7.16. The number of rotatable bonds is 6. The number of aromatic nitrogens is 2. The largest absolute Gasteiger partial charge is 0.494 e. The molecule has 2 aromatic rings. The van der Waals surface area contributed by atoms with Crippen molar-refractivity contribution in [2.24, 2.45) is 0 Å². The molecule has 2 N–H and O–H groups in total. The Morgan fingerprint density at radius 3 is 2.62 bits per heavy atom. The summed E-state index contributed by atoms with van der Waals surface area (Å²) in [5.74, 6) is -0.478. The number of carbonyl (C=O) groups excluding carboxylic acids is 1. The first-order chi connectivity index (χ1) is 11.3. The Kier molecular flexibility index (Phi) is 5.23. The standard InChI is InChI=1S/C17H21N3O4/c1-10-14(6-8-17(22)23)11(2)20(19-10)13-5-7-15(18-12(3)21)16(9-13)24-4/h5,7,9H,6,8H2,1-4H3,(H,18,21)(H,22,23). The number of hydrogen-bond donors (Lipinski definition) is 2. The number of hydrogen-bond acceptors (Lipinski definition) is 4. The maximum atomic E-state index is 11.2. The molecule has 1 amide bonds. The van der Waals surface area contributed by atoms with Crippen LogP contribution >= 0.6 is 0 Å². The molecule has 0 unspecified atom stereocenters. The molecule has 1 heterocycles. The van der Waals surface area contributed by atoms with E-state index in [2.05, 4.69) is 10.4 Å². The molecule has 0 fully saturated rings. The number of carbonyl (C=O) groups is 2. The molecule has 0 spiro atoms. The van der Waals surface area contributed by atoms with Crippen LogP contribution in [0.5, 0.6) is 5.75 Å². The summed E-state index contributed by atoms with van der Waals surface area (Å²) in [6.07, 6.45) is 0.506. The monoisotopic (exact) mass is 331 g/mol. The third-order valence-electron chi connectivity index (χ3n) is 3.77. The molecule has 7 heteroatoms. The average Bonchev–Trinajstić information content (AvgIpc) is 2.79. The van der Waals surface area contributed by atoms with Crippen molar-refractivity contribution in [3.05, 3.63) is 35.2 Å². The van der Waals surface area contributed by atoms with Crippen molar-refractivity contribution in [3.8, 4) is 11.4 Å². The smallest absolute Gasteiger partial charge is 0.303 e. The summed E-state index contributed by atoms with van der Waals surface area (Å²) in [6, 6.07) is 5.36. The van der Waals surface area contributed by atoms with Crippen LogP contribution < -0.4 is 10.1 Å². The predicted molar refractivity (Wildman–Crippen MR) is 89.9 cm³/mol. The summed E-state index contributed by atoms with van der Waals surface area (Å²) in [7, 11) is 1.53. The van der Waals surface area contributed by atoms with Gasteiger partial charge < -0.3 is 15.2 Å². The highest BCUT2D eigenvalue weighted by Gasteiger charge is 2.15. The number of benzene rings is 1. The van der Waals surface area contributed by atoms with E-state index in [0.29, 0.717) is 17.9 Å². The number of carboxylic acid groups (broad SMARTS) is 1. The van der Waals surface area contributed by atoms with Crippen LogP contribution in [0, 0.1) is 13.8 Å². The summed E-state index contributed by atoms with van der Waals surface area (Å²) >= 11 is 0. The first-order valence-corrected chi connectivity index (χ1v) is 7.56. The van der Waals surface area contributed by atoms with Crippen LogP contribution in [0.1, 0.15) is 30.3 Å². The van der Waals surface area contributed by atoms with Gasteiger partial charge in [0.2, 0.25) is 5.91 Å². The van der Waals surface area contributed by atoms with Crippen LogP contribution in [-0.2, 0) is 16.0 Å². The number of aryl methyl sites for hydroxylation is 1. The summed E-state index contributed by atoms with van der Waals surface area (Å²) in [5, 5.41) is 16.1. The van der Waals surface area contributed by atoms with Crippen LogP contribution in [0.25, 0.3) is 5.69 Å². The third-order valence-corrected chi connectivity index (χ3v) is 3.77. The number of amides is 1. The lowest BCUT2D eigenvalue weighted by Gasteiger charge is -2.12. The molecular formula is C17H21N3O4. The predicted octanol–water partition coefficient (Wildman–Crippen LogP) is 2.47. The Labute approximate surface area is 140 Å². The fourth-order valence-corrected chi connectivity index (χ4v) is 2.62. The highest BCUT2D eigenvalue weighted by Crippen LogP contribution is 2.28. The van der Waals surface area contributed by atoms with Gasteiger partial charge in [-0.15, -0.1) is 0 Å². The first-order valence-electron chi connectivity index (χ1n) is 7.56. The number of nitrogens with one attached hydrogen (secondary N) is 1. The van der Waals surface area contributed by atoms with Crippen molar-refractivity contribution < 1.29 is 19.4 Å². The van der Waals surface area contributed by atoms with E-state index in [9.17, 15) is 9.59 Å². The first kappa shape index (κ1) is 17.5. The van der Waals surface area contributed by atoms with Gasteiger partial charge >= 0.3 is 5.97 Å². The molecule has 0 aliphatic carbocycles. The van der Waals surface area contributed by atoms with Crippen molar-refractivity contribution in [1.82, 2.24) is 9.78 Å². The van der Waals surface area contributed by atoms with E-state index in [1.807, 2.05) is 19.9 Å². The lowest BCUT2D eigenvalue weighted by molar-refractivity contribution is -0.137. The SMILES string of the molecule is COc1cc(-n2nc(C)c(CCC(=O)O)c2C)ccc1NC(C)=O. The van der Waals surface area contributed by atoms with Crippen molar-refractivity contribution in [3.63, 3.8) is 0 Å². The summed E-state index contributed by atoms with van der Waals surface area (Å²) in [6.45, 7) is 5.21. The van der Waals surface area contributed by atoms with E-state index >= 15 is 0 Å². The zero-order valence-electron chi connectivity index (χ0n) is 14.2. The van der Waals surface area contributed by atoms with Gasteiger partial charge in [-0.3, -0.25) is 9.59 Å². The molecule has 1 aromatic carbocycles. The van der Waals surface area contributed by atoms with Gasteiger partial charge in [-0.25, -0.2) is 4.68 Å². The maximum absolute atomic E-state index is 11.2. The second-order valence-corrected chi connectivity index (χ2v) is 5.52. The zero-order chi connectivity index (χ0) is 17.9. The minimum atomic E-state index is -0.831. The van der Waals surface area contributed by atoms with Gasteiger partial charge in [0, 0.05) is 25.1 Å². The molecular weight excluding hydrogens is 310 g/mol. The van der Waals surface area contributed by atoms with Crippen molar-refractivity contribution >= 4 is 17.6 Å². The van der Waals surface area contributed by atoms with Crippen molar-refractivity contribution in [2.45, 2.75) is 33.6 Å². The molecule has 0 saturated heterocycles. The minimum Gasteiger partial charge on any atom is -0.494 e. The Morgan fingerprint density at radius 1 is 1.33 bits per heavy atom. The highest BCUT2D eigenvalue weighted by molar-refractivity contribution is 5.90. The van der Waals surface area contributed by atoms with Crippen LogP contribution in [0.3, 0.4) is 0 Å². The summed E-state index contributed by atoms with van der Waals surface area (Å²) in [4.78, 5) is 22.0. The van der Waals surface area contributed by atoms with Gasteiger partial charge in [-0.2, -0.15) is 5.10 Å².